The number of carbonyl (C=O) groups is 2. The summed E-state index contributed by atoms with van der Waals surface area (Å²) in [5.74, 6) is -1.60. The highest BCUT2D eigenvalue weighted by molar-refractivity contribution is 7.87. The van der Waals surface area contributed by atoms with Crippen molar-refractivity contribution >= 4 is 21.9 Å². The number of aliphatic carboxylic acids is 1. The molecule has 0 bridgehead atoms. The zero-order valence-corrected chi connectivity index (χ0v) is 11.0. The highest BCUT2D eigenvalue weighted by atomic mass is 32.2. The first-order valence-electron chi connectivity index (χ1n) is 4.66. The SMILES string of the molecule is C=CC(=O)C(N)C(C)(C)S(=O)(=O)O.C=CC(=O)O. The minimum atomic E-state index is -4.35. The summed E-state index contributed by atoms with van der Waals surface area (Å²) in [6.07, 6.45) is 1.76. The molecule has 0 fully saturated rings. The van der Waals surface area contributed by atoms with E-state index in [0.29, 0.717) is 0 Å². The zero-order valence-electron chi connectivity index (χ0n) is 10.2. The first kappa shape index (κ1) is 18.8. The van der Waals surface area contributed by atoms with Crippen molar-refractivity contribution in [2.75, 3.05) is 0 Å². The fourth-order valence-electron chi connectivity index (χ4n) is 0.630. The summed E-state index contributed by atoms with van der Waals surface area (Å²) in [6, 6.07) is -1.31. The number of rotatable bonds is 5. The van der Waals surface area contributed by atoms with Crippen molar-refractivity contribution in [1.82, 2.24) is 0 Å². The molecule has 0 radical (unpaired) electrons. The topological polar surface area (TPSA) is 135 Å². The van der Waals surface area contributed by atoms with Gasteiger partial charge in [0.15, 0.2) is 5.78 Å². The molecular weight excluding hydrogens is 262 g/mol. The molecule has 0 aliphatic rings. The molecule has 0 aromatic heterocycles. The molecule has 0 heterocycles. The lowest BCUT2D eigenvalue weighted by Crippen LogP contribution is -2.52. The van der Waals surface area contributed by atoms with Crippen LogP contribution >= 0.6 is 0 Å². The maximum Gasteiger partial charge on any atom is 0.327 e. The van der Waals surface area contributed by atoms with E-state index in [2.05, 4.69) is 13.2 Å². The number of carboxylic acid groups (broad SMARTS) is 1. The van der Waals surface area contributed by atoms with E-state index in [4.69, 9.17) is 15.4 Å². The van der Waals surface area contributed by atoms with E-state index >= 15 is 0 Å². The molecule has 0 aromatic carbocycles. The van der Waals surface area contributed by atoms with Gasteiger partial charge in [-0.05, 0) is 19.9 Å². The zero-order chi connectivity index (χ0) is 15.1. The van der Waals surface area contributed by atoms with Gasteiger partial charge in [-0.1, -0.05) is 13.2 Å². The minimum Gasteiger partial charge on any atom is -0.478 e. The predicted octanol–water partition coefficient (Wildman–Crippen LogP) is -0.00780. The van der Waals surface area contributed by atoms with E-state index in [-0.39, 0.29) is 0 Å². The molecule has 4 N–H and O–H groups in total. The van der Waals surface area contributed by atoms with Gasteiger partial charge in [-0.25, -0.2) is 4.79 Å². The van der Waals surface area contributed by atoms with Gasteiger partial charge in [0.25, 0.3) is 10.1 Å². The van der Waals surface area contributed by atoms with E-state index < -0.39 is 32.7 Å². The smallest absolute Gasteiger partial charge is 0.327 e. The quantitative estimate of drug-likeness (QED) is 0.476. The van der Waals surface area contributed by atoms with E-state index in [0.717, 1.165) is 12.2 Å². The fraction of sp³-hybridized carbons (Fsp3) is 0.400. The number of hydrogen-bond donors (Lipinski definition) is 3. The predicted molar refractivity (Wildman–Crippen MR) is 66.6 cm³/mol. The molecule has 18 heavy (non-hydrogen) atoms. The summed E-state index contributed by atoms with van der Waals surface area (Å²) in [7, 11) is -4.35. The third-order valence-electron chi connectivity index (χ3n) is 2.10. The molecule has 1 atom stereocenters. The lowest BCUT2D eigenvalue weighted by Gasteiger charge is -2.25. The van der Waals surface area contributed by atoms with Gasteiger partial charge in [-0.2, -0.15) is 8.42 Å². The van der Waals surface area contributed by atoms with Crippen LogP contribution in [0, 0.1) is 0 Å². The molecule has 0 spiro atoms. The lowest BCUT2D eigenvalue weighted by molar-refractivity contribution is -0.131. The average Bonchev–Trinajstić information content (AvgIpc) is 2.26. The monoisotopic (exact) mass is 279 g/mol. The molecule has 0 amide bonds. The largest absolute Gasteiger partial charge is 0.478 e. The Kier molecular flexibility index (Phi) is 7.37. The van der Waals surface area contributed by atoms with Crippen LogP contribution in [0.15, 0.2) is 25.3 Å². The number of nitrogens with two attached hydrogens (primary N) is 1. The second-order valence-electron chi connectivity index (χ2n) is 3.71. The van der Waals surface area contributed by atoms with Gasteiger partial charge >= 0.3 is 5.97 Å². The summed E-state index contributed by atoms with van der Waals surface area (Å²) < 4.78 is 28.7. The van der Waals surface area contributed by atoms with Crippen molar-refractivity contribution in [2.45, 2.75) is 24.6 Å². The molecule has 0 aliphatic carbocycles. The van der Waals surface area contributed by atoms with E-state index in [1.165, 1.54) is 13.8 Å². The molecule has 1 unspecified atom stereocenters. The van der Waals surface area contributed by atoms with Crippen molar-refractivity contribution in [3.63, 3.8) is 0 Å². The molecule has 0 aliphatic heterocycles. The highest BCUT2D eigenvalue weighted by Gasteiger charge is 2.41. The third kappa shape index (κ3) is 5.71. The van der Waals surface area contributed by atoms with Gasteiger partial charge in [0.05, 0.1) is 6.04 Å². The van der Waals surface area contributed by atoms with Crippen LogP contribution in [0.4, 0.5) is 0 Å². The molecule has 104 valence electrons. The van der Waals surface area contributed by atoms with Gasteiger partial charge in [0, 0.05) is 6.08 Å². The van der Waals surface area contributed by atoms with Crippen LogP contribution in [-0.4, -0.2) is 40.6 Å². The Morgan fingerprint density at radius 3 is 1.78 bits per heavy atom. The number of ketones is 1. The normalized spacial score (nSPS) is 12.7. The van der Waals surface area contributed by atoms with Crippen LogP contribution in [0.3, 0.4) is 0 Å². The Morgan fingerprint density at radius 1 is 1.28 bits per heavy atom. The maximum atomic E-state index is 11.0. The van der Waals surface area contributed by atoms with Crippen LogP contribution in [0.2, 0.25) is 0 Å². The van der Waals surface area contributed by atoms with Gasteiger partial charge in [0.1, 0.15) is 4.75 Å². The van der Waals surface area contributed by atoms with Crippen LogP contribution in [0.5, 0.6) is 0 Å². The lowest BCUT2D eigenvalue weighted by atomic mass is 10.00. The van der Waals surface area contributed by atoms with Crippen LogP contribution in [-0.2, 0) is 19.7 Å². The Hall–Kier alpha value is -1.51. The average molecular weight is 279 g/mol. The molecular formula is C10H17NO6S. The highest BCUT2D eigenvalue weighted by Crippen LogP contribution is 2.19. The van der Waals surface area contributed by atoms with Crippen molar-refractivity contribution < 1.29 is 27.7 Å². The summed E-state index contributed by atoms with van der Waals surface area (Å²) in [4.78, 5) is 20.2. The number of carbonyl (C=O) groups excluding carboxylic acids is 1. The summed E-state index contributed by atoms with van der Waals surface area (Å²) in [5.41, 5.74) is 5.33. The van der Waals surface area contributed by atoms with Gasteiger partial charge in [0.2, 0.25) is 0 Å². The molecule has 0 saturated carbocycles. The van der Waals surface area contributed by atoms with Gasteiger partial charge in [-0.3, -0.25) is 9.35 Å². The van der Waals surface area contributed by atoms with E-state index in [9.17, 15) is 18.0 Å². The second kappa shape index (κ2) is 7.04. The fourth-order valence-corrected chi connectivity index (χ4v) is 1.07. The van der Waals surface area contributed by atoms with E-state index in [1.807, 2.05) is 0 Å². The number of hydrogen-bond acceptors (Lipinski definition) is 5. The molecule has 8 heteroatoms. The molecule has 7 nitrogen and oxygen atoms in total. The third-order valence-corrected chi connectivity index (χ3v) is 3.68. The molecule has 0 saturated heterocycles. The first-order valence-corrected chi connectivity index (χ1v) is 6.10. The van der Waals surface area contributed by atoms with Gasteiger partial charge < -0.3 is 10.8 Å². The summed E-state index contributed by atoms with van der Waals surface area (Å²) in [5, 5.41) is 7.60. The van der Waals surface area contributed by atoms with E-state index in [1.54, 1.807) is 0 Å². The Morgan fingerprint density at radius 2 is 1.61 bits per heavy atom. The first-order chi connectivity index (χ1) is 7.91. The van der Waals surface area contributed by atoms with Crippen LogP contribution in [0.1, 0.15) is 13.8 Å². The maximum absolute atomic E-state index is 11.0. The molecule has 0 rings (SSSR count). The standard InChI is InChI=1S/C7H13NO4S.C3H4O2/c1-4-5(9)6(8)7(2,3)13(10,11)12;1-2-3(4)5/h4,6H,1,8H2,2-3H3,(H,10,11,12);2H,1H2,(H,4,5). The van der Waals surface area contributed by atoms with Crippen LogP contribution < -0.4 is 5.73 Å². The molecule has 0 aromatic rings. The van der Waals surface area contributed by atoms with Crippen molar-refractivity contribution in [3.05, 3.63) is 25.3 Å². The minimum absolute atomic E-state index is 0.623. The van der Waals surface area contributed by atoms with Crippen molar-refractivity contribution in [1.29, 1.82) is 0 Å². The number of carboxylic acids is 1. The Labute approximate surface area is 106 Å². The summed E-state index contributed by atoms with van der Waals surface area (Å²) >= 11 is 0. The summed E-state index contributed by atoms with van der Waals surface area (Å²) in [6.45, 7) is 8.48. The Balaban J connectivity index is 0. The van der Waals surface area contributed by atoms with Crippen molar-refractivity contribution in [3.8, 4) is 0 Å². The Bertz CT molecular complexity index is 437. The van der Waals surface area contributed by atoms with Crippen LogP contribution in [0.25, 0.3) is 0 Å². The second-order valence-corrected chi connectivity index (χ2v) is 5.71. The van der Waals surface area contributed by atoms with Crippen molar-refractivity contribution in [2.24, 2.45) is 5.73 Å². The van der Waals surface area contributed by atoms with Gasteiger partial charge in [-0.15, -0.1) is 0 Å².